The number of nitrogens with one attached hydrogen (secondary N) is 4. The predicted molar refractivity (Wildman–Crippen MR) is 138 cm³/mol. The highest BCUT2D eigenvalue weighted by molar-refractivity contribution is 6.42. The molecule has 2 fully saturated rings. The number of nitrogens with zero attached hydrogens (tertiary/aromatic N) is 1. The summed E-state index contributed by atoms with van der Waals surface area (Å²) in [4.78, 5) is 26.8. The van der Waals surface area contributed by atoms with Crippen LogP contribution in [0.15, 0.2) is 42.5 Å². The summed E-state index contributed by atoms with van der Waals surface area (Å²) in [5.41, 5.74) is 2.03. The van der Waals surface area contributed by atoms with Gasteiger partial charge in [-0.3, -0.25) is 15.1 Å². The minimum Gasteiger partial charge on any atom is -0.342 e. The maximum atomic E-state index is 13.1. The molecule has 0 bridgehead atoms. The summed E-state index contributed by atoms with van der Waals surface area (Å²) >= 11 is 11.9. The van der Waals surface area contributed by atoms with Gasteiger partial charge >= 0.3 is 6.03 Å². The van der Waals surface area contributed by atoms with Crippen molar-refractivity contribution in [3.63, 3.8) is 0 Å². The second kappa shape index (κ2) is 10.9. The van der Waals surface area contributed by atoms with E-state index in [-0.39, 0.29) is 17.9 Å². The van der Waals surface area contributed by atoms with E-state index >= 15 is 0 Å². The highest BCUT2D eigenvalue weighted by Gasteiger charge is 2.47. The molecule has 9 heteroatoms. The maximum absolute atomic E-state index is 13.1. The molecular formula is C26H31Cl2N5O2. The normalized spacial score (nSPS) is 20.3. The lowest BCUT2D eigenvalue weighted by molar-refractivity contribution is -0.131. The molecule has 35 heavy (non-hydrogen) atoms. The number of guanidine groups is 1. The number of hydrogen-bond donors (Lipinski definition) is 4. The Morgan fingerprint density at radius 1 is 1.03 bits per heavy atom. The Hall–Kier alpha value is -2.77. The minimum absolute atomic E-state index is 0.0289. The second-order valence-electron chi connectivity index (χ2n) is 9.65. The van der Waals surface area contributed by atoms with E-state index < -0.39 is 5.54 Å². The first-order valence-corrected chi connectivity index (χ1v) is 12.7. The fourth-order valence-corrected chi connectivity index (χ4v) is 5.21. The van der Waals surface area contributed by atoms with Crippen LogP contribution < -0.4 is 16.0 Å². The van der Waals surface area contributed by atoms with Gasteiger partial charge in [0, 0.05) is 13.1 Å². The number of rotatable bonds is 8. The monoisotopic (exact) mass is 515 g/mol. The third-order valence-electron chi connectivity index (χ3n) is 6.81. The van der Waals surface area contributed by atoms with E-state index in [0.29, 0.717) is 35.6 Å². The van der Waals surface area contributed by atoms with Crippen molar-refractivity contribution in [1.82, 2.24) is 20.9 Å². The minimum atomic E-state index is -0.694. The third-order valence-corrected chi connectivity index (χ3v) is 7.55. The molecule has 186 valence electrons. The standard InChI is InChI=1S/C26H31Cl2N5O2/c1-26(13-17-4-2-3-5-17)23(34)33(24(29)32-26)16-19-8-6-18(7-9-19)14-30-25(35)31-15-20-10-11-21(27)22(28)12-20/h6-12,17H,2-5,13-16H2,1H3,(H2,29,32)(H2,30,31,35)/t26-/m1/s1. The summed E-state index contributed by atoms with van der Waals surface area (Å²) in [5, 5.41) is 18.0. The molecule has 1 aliphatic carbocycles. The zero-order chi connectivity index (χ0) is 25.0. The zero-order valence-electron chi connectivity index (χ0n) is 19.8. The molecule has 1 atom stereocenters. The lowest BCUT2D eigenvalue weighted by Crippen LogP contribution is -2.45. The molecule has 2 aromatic carbocycles. The topological polar surface area (TPSA) is 97.3 Å². The van der Waals surface area contributed by atoms with Crippen LogP contribution in [0.3, 0.4) is 0 Å². The maximum Gasteiger partial charge on any atom is 0.315 e. The summed E-state index contributed by atoms with van der Waals surface area (Å²) in [5.74, 6) is 0.691. The van der Waals surface area contributed by atoms with Crippen LogP contribution in [-0.4, -0.2) is 28.3 Å². The van der Waals surface area contributed by atoms with Gasteiger partial charge in [-0.05, 0) is 48.1 Å². The molecule has 7 nitrogen and oxygen atoms in total. The Morgan fingerprint density at radius 2 is 1.63 bits per heavy atom. The molecule has 4 rings (SSSR count). The molecule has 0 unspecified atom stereocenters. The van der Waals surface area contributed by atoms with Crippen molar-refractivity contribution in [2.75, 3.05) is 0 Å². The Morgan fingerprint density at radius 3 is 2.29 bits per heavy atom. The average Bonchev–Trinajstić information content (AvgIpc) is 3.41. The summed E-state index contributed by atoms with van der Waals surface area (Å²) in [6.45, 7) is 2.98. The van der Waals surface area contributed by atoms with Crippen molar-refractivity contribution >= 4 is 41.1 Å². The van der Waals surface area contributed by atoms with Crippen molar-refractivity contribution in [2.45, 2.75) is 64.2 Å². The first-order chi connectivity index (χ1) is 16.7. The SMILES string of the molecule is C[C@]1(CC2CCCC2)NC(=N)N(Cc2ccc(CNC(=O)NCc3ccc(Cl)c(Cl)c3)cc2)C1=O. The highest BCUT2D eigenvalue weighted by Crippen LogP contribution is 2.34. The molecule has 0 radical (unpaired) electrons. The van der Waals surface area contributed by atoms with E-state index in [1.54, 1.807) is 12.1 Å². The second-order valence-corrected chi connectivity index (χ2v) is 10.5. The summed E-state index contributed by atoms with van der Waals surface area (Å²) in [7, 11) is 0. The zero-order valence-corrected chi connectivity index (χ0v) is 21.3. The summed E-state index contributed by atoms with van der Waals surface area (Å²) in [6.07, 6.45) is 5.58. The van der Waals surface area contributed by atoms with Crippen molar-refractivity contribution < 1.29 is 9.59 Å². The molecule has 0 spiro atoms. The van der Waals surface area contributed by atoms with Crippen LogP contribution in [0, 0.1) is 11.3 Å². The van der Waals surface area contributed by atoms with E-state index in [1.807, 2.05) is 37.3 Å². The summed E-state index contributed by atoms with van der Waals surface area (Å²) < 4.78 is 0. The van der Waals surface area contributed by atoms with Crippen LogP contribution in [0.2, 0.25) is 10.0 Å². The van der Waals surface area contributed by atoms with Crippen molar-refractivity contribution in [3.05, 3.63) is 69.2 Å². The largest absolute Gasteiger partial charge is 0.342 e. The quantitative estimate of drug-likeness (QED) is 0.388. The van der Waals surface area contributed by atoms with Crippen LogP contribution in [0.25, 0.3) is 0 Å². The molecule has 2 aromatic rings. The van der Waals surface area contributed by atoms with Gasteiger partial charge in [0.1, 0.15) is 5.54 Å². The Labute approximate surface area is 216 Å². The van der Waals surface area contributed by atoms with Crippen molar-refractivity contribution in [1.29, 1.82) is 5.41 Å². The fourth-order valence-electron chi connectivity index (χ4n) is 4.88. The number of carbonyl (C=O) groups is 2. The van der Waals surface area contributed by atoms with Gasteiger partial charge in [-0.1, -0.05) is 79.2 Å². The van der Waals surface area contributed by atoms with E-state index in [1.165, 1.54) is 30.6 Å². The van der Waals surface area contributed by atoms with Gasteiger partial charge < -0.3 is 16.0 Å². The highest BCUT2D eigenvalue weighted by atomic mass is 35.5. The molecule has 1 saturated carbocycles. The van der Waals surface area contributed by atoms with Crippen LogP contribution in [0.1, 0.15) is 55.7 Å². The molecule has 2 aliphatic rings. The van der Waals surface area contributed by atoms with Gasteiger partial charge in [0.25, 0.3) is 5.91 Å². The van der Waals surface area contributed by atoms with Crippen LogP contribution in [0.5, 0.6) is 0 Å². The van der Waals surface area contributed by atoms with Gasteiger partial charge in [0.05, 0.1) is 16.6 Å². The molecule has 1 aliphatic heterocycles. The molecule has 1 saturated heterocycles. The Bertz CT molecular complexity index is 1100. The van der Waals surface area contributed by atoms with Crippen molar-refractivity contribution in [2.24, 2.45) is 5.92 Å². The van der Waals surface area contributed by atoms with E-state index in [9.17, 15) is 9.59 Å². The number of halogens is 2. The smallest absolute Gasteiger partial charge is 0.315 e. The van der Waals surface area contributed by atoms with E-state index in [4.69, 9.17) is 28.6 Å². The molecule has 4 N–H and O–H groups in total. The van der Waals surface area contributed by atoms with Gasteiger partial charge in [-0.15, -0.1) is 0 Å². The van der Waals surface area contributed by atoms with Crippen LogP contribution in [0.4, 0.5) is 4.79 Å². The fraction of sp³-hybridized carbons (Fsp3) is 0.423. The first-order valence-electron chi connectivity index (χ1n) is 12.0. The molecule has 1 heterocycles. The molecule has 0 aromatic heterocycles. The Balaban J connectivity index is 1.25. The third kappa shape index (κ3) is 6.27. The molecular weight excluding hydrogens is 485 g/mol. The predicted octanol–water partition coefficient (Wildman–Crippen LogP) is 5.20. The number of urea groups is 1. The number of hydrogen-bond acceptors (Lipinski definition) is 3. The lowest BCUT2D eigenvalue weighted by atomic mass is 9.88. The van der Waals surface area contributed by atoms with Crippen LogP contribution in [-0.2, 0) is 24.4 Å². The van der Waals surface area contributed by atoms with Crippen LogP contribution >= 0.6 is 23.2 Å². The van der Waals surface area contributed by atoms with Crippen molar-refractivity contribution in [3.8, 4) is 0 Å². The summed E-state index contributed by atoms with van der Waals surface area (Å²) in [6, 6.07) is 12.6. The number of amides is 3. The van der Waals surface area contributed by atoms with Gasteiger partial charge in [-0.25, -0.2) is 4.79 Å². The van der Waals surface area contributed by atoms with E-state index in [2.05, 4.69) is 16.0 Å². The number of benzene rings is 2. The van der Waals surface area contributed by atoms with Gasteiger partial charge in [0.15, 0.2) is 5.96 Å². The lowest BCUT2D eigenvalue weighted by Gasteiger charge is -2.25. The van der Waals surface area contributed by atoms with E-state index in [0.717, 1.165) is 23.1 Å². The number of carbonyl (C=O) groups excluding carboxylic acids is 2. The van der Waals surface area contributed by atoms with Gasteiger partial charge in [-0.2, -0.15) is 0 Å². The molecule has 3 amide bonds. The average molecular weight is 516 g/mol. The first kappa shape index (κ1) is 25.3. The van der Waals surface area contributed by atoms with Gasteiger partial charge in [0.2, 0.25) is 0 Å². The Kier molecular flexibility index (Phi) is 7.87.